The molecule has 0 bridgehead atoms. The summed E-state index contributed by atoms with van der Waals surface area (Å²) < 4.78 is 0. The van der Waals surface area contributed by atoms with Gasteiger partial charge in [-0.05, 0) is 32.6 Å². The summed E-state index contributed by atoms with van der Waals surface area (Å²) in [7, 11) is 0. The molecule has 2 rings (SSSR count). The maximum atomic E-state index is 12.3. The molecular weight excluding hydrogens is 324 g/mol. The lowest BCUT2D eigenvalue weighted by atomic mass is 10.1. The molecule has 0 saturated heterocycles. The summed E-state index contributed by atoms with van der Waals surface area (Å²) in [6.45, 7) is 2.60. The van der Waals surface area contributed by atoms with E-state index in [-0.39, 0.29) is 12.3 Å². The van der Waals surface area contributed by atoms with Gasteiger partial charge in [0.1, 0.15) is 4.88 Å². The number of carbonyl (C=O) groups excluding carboxylic acids is 1. The maximum absolute atomic E-state index is 12.3. The predicted molar refractivity (Wildman–Crippen MR) is 95.7 cm³/mol. The lowest BCUT2D eigenvalue weighted by Gasteiger charge is -2.04. The fraction of sp³-hybridized carbons (Fsp3) is 0.722. The molecule has 1 aliphatic rings. The van der Waals surface area contributed by atoms with E-state index in [2.05, 4.69) is 10.3 Å². The smallest absolute Gasteiger partial charge is 0.303 e. The highest BCUT2D eigenvalue weighted by molar-refractivity contribution is 7.13. The fourth-order valence-electron chi connectivity index (χ4n) is 3.19. The molecule has 0 atom stereocenters. The van der Waals surface area contributed by atoms with Gasteiger partial charge in [0.15, 0.2) is 0 Å². The van der Waals surface area contributed by atoms with E-state index < -0.39 is 5.97 Å². The van der Waals surface area contributed by atoms with Crippen molar-refractivity contribution in [1.82, 2.24) is 10.3 Å². The van der Waals surface area contributed by atoms with E-state index in [4.69, 9.17) is 5.11 Å². The van der Waals surface area contributed by atoms with Gasteiger partial charge in [-0.15, -0.1) is 11.3 Å². The third-order valence-corrected chi connectivity index (χ3v) is 5.90. The monoisotopic (exact) mass is 352 g/mol. The molecule has 1 amide bonds. The Morgan fingerprint density at radius 1 is 1.17 bits per heavy atom. The number of hydrogen-bond acceptors (Lipinski definition) is 4. The summed E-state index contributed by atoms with van der Waals surface area (Å²) in [6.07, 6.45) is 9.88. The molecule has 2 N–H and O–H groups in total. The predicted octanol–water partition coefficient (Wildman–Crippen LogP) is 4.26. The number of carboxylic acid groups (broad SMARTS) is 1. The van der Waals surface area contributed by atoms with Gasteiger partial charge in [-0.2, -0.15) is 0 Å². The summed E-state index contributed by atoms with van der Waals surface area (Å²) in [6, 6.07) is 0. The average molecular weight is 353 g/mol. The molecule has 1 fully saturated rings. The second-order valence-electron chi connectivity index (χ2n) is 6.62. The molecule has 0 unspecified atom stereocenters. The number of aliphatic carboxylic acids is 1. The molecule has 1 saturated carbocycles. The van der Waals surface area contributed by atoms with E-state index in [9.17, 15) is 9.59 Å². The number of aromatic nitrogens is 1. The van der Waals surface area contributed by atoms with Crippen molar-refractivity contribution in [3.8, 4) is 0 Å². The van der Waals surface area contributed by atoms with E-state index in [1.807, 2.05) is 6.92 Å². The van der Waals surface area contributed by atoms with E-state index in [1.54, 1.807) is 11.3 Å². The number of unbranched alkanes of at least 4 members (excludes halogenated alkanes) is 4. The Balaban J connectivity index is 1.64. The van der Waals surface area contributed by atoms with Gasteiger partial charge >= 0.3 is 5.97 Å². The Bertz CT molecular complexity index is 550. The van der Waals surface area contributed by atoms with Crippen LogP contribution in [0.2, 0.25) is 0 Å². The number of hydrogen-bond donors (Lipinski definition) is 2. The van der Waals surface area contributed by atoms with Crippen LogP contribution in [-0.4, -0.2) is 28.5 Å². The van der Waals surface area contributed by atoms with Crippen LogP contribution < -0.4 is 5.32 Å². The van der Waals surface area contributed by atoms with Gasteiger partial charge in [-0.1, -0.05) is 32.1 Å². The van der Waals surface area contributed by atoms with Crippen molar-refractivity contribution in [3.05, 3.63) is 15.6 Å². The Morgan fingerprint density at radius 3 is 2.54 bits per heavy atom. The first kappa shape index (κ1) is 18.9. The SMILES string of the molecule is Cc1nc(C2CCCC2)sc1C(=O)NCCCCCCCC(=O)O. The van der Waals surface area contributed by atoms with Gasteiger partial charge in [0, 0.05) is 18.9 Å². The van der Waals surface area contributed by atoms with E-state index in [0.717, 1.165) is 47.7 Å². The highest BCUT2D eigenvalue weighted by atomic mass is 32.1. The summed E-state index contributed by atoms with van der Waals surface area (Å²) in [5.41, 5.74) is 0.855. The molecule has 134 valence electrons. The minimum atomic E-state index is -0.723. The van der Waals surface area contributed by atoms with Crippen molar-refractivity contribution in [2.75, 3.05) is 6.54 Å². The molecule has 1 aromatic heterocycles. The molecule has 0 spiro atoms. The third kappa shape index (κ3) is 5.89. The molecule has 0 aromatic carbocycles. The topological polar surface area (TPSA) is 79.3 Å². The molecule has 0 aliphatic heterocycles. The van der Waals surface area contributed by atoms with Crippen LogP contribution in [0.25, 0.3) is 0 Å². The zero-order valence-corrected chi connectivity index (χ0v) is 15.3. The number of carboxylic acids is 1. The van der Waals surface area contributed by atoms with Crippen molar-refractivity contribution >= 4 is 23.2 Å². The number of nitrogens with one attached hydrogen (secondary N) is 1. The normalized spacial score (nSPS) is 14.9. The third-order valence-electron chi connectivity index (χ3n) is 4.58. The minimum Gasteiger partial charge on any atom is -0.481 e. The zero-order chi connectivity index (χ0) is 17.4. The summed E-state index contributed by atoms with van der Waals surface area (Å²) in [5.74, 6) is -0.166. The molecule has 5 nitrogen and oxygen atoms in total. The van der Waals surface area contributed by atoms with Crippen molar-refractivity contribution in [3.63, 3.8) is 0 Å². The van der Waals surface area contributed by atoms with Gasteiger partial charge in [0.25, 0.3) is 5.91 Å². The van der Waals surface area contributed by atoms with Gasteiger partial charge in [-0.25, -0.2) is 4.98 Å². The van der Waals surface area contributed by atoms with Gasteiger partial charge < -0.3 is 10.4 Å². The van der Waals surface area contributed by atoms with Crippen molar-refractivity contribution in [1.29, 1.82) is 0 Å². The first-order valence-electron chi connectivity index (χ1n) is 9.05. The highest BCUT2D eigenvalue weighted by Crippen LogP contribution is 2.37. The molecule has 1 heterocycles. The molecule has 0 radical (unpaired) electrons. The quantitative estimate of drug-likeness (QED) is 0.617. The average Bonchev–Trinajstić information content (AvgIpc) is 3.18. The molecule has 24 heavy (non-hydrogen) atoms. The zero-order valence-electron chi connectivity index (χ0n) is 14.5. The number of nitrogens with zero attached hydrogens (tertiary/aromatic N) is 1. The van der Waals surface area contributed by atoms with Crippen LogP contribution in [0.3, 0.4) is 0 Å². The van der Waals surface area contributed by atoms with Gasteiger partial charge in [0.2, 0.25) is 0 Å². The van der Waals surface area contributed by atoms with Gasteiger partial charge in [-0.3, -0.25) is 9.59 Å². The van der Waals surface area contributed by atoms with Crippen LogP contribution in [0.4, 0.5) is 0 Å². The first-order chi connectivity index (χ1) is 11.6. The van der Waals surface area contributed by atoms with Gasteiger partial charge in [0.05, 0.1) is 10.7 Å². The second kappa shape index (κ2) is 9.77. The minimum absolute atomic E-state index is 0.000115. The summed E-state index contributed by atoms with van der Waals surface area (Å²) in [5, 5.41) is 12.7. The Labute approximate surface area is 147 Å². The van der Waals surface area contributed by atoms with E-state index in [1.165, 1.54) is 25.7 Å². The fourth-order valence-corrected chi connectivity index (χ4v) is 4.34. The summed E-state index contributed by atoms with van der Waals surface area (Å²) in [4.78, 5) is 28.1. The first-order valence-corrected chi connectivity index (χ1v) is 9.87. The maximum Gasteiger partial charge on any atom is 0.303 e. The number of rotatable bonds is 10. The van der Waals surface area contributed by atoms with E-state index in [0.29, 0.717) is 12.5 Å². The second-order valence-corrected chi connectivity index (χ2v) is 7.65. The number of aryl methyl sites for hydroxylation is 1. The van der Waals surface area contributed by atoms with Crippen LogP contribution >= 0.6 is 11.3 Å². The van der Waals surface area contributed by atoms with Crippen LogP contribution in [-0.2, 0) is 4.79 Å². The number of amides is 1. The Kier molecular flexibility index (Phi) is 7.69. The van der Waals surface area contributed by atoms with Crippen molar-refractivity contribution in [2.24, 2.45) is 0 Å². The molecule has 1 aliphatic carbocycles. The van der Waals surface area contributed by atoms with Crippen LogP contribution in [0, 0.1) is 6.92 Å². The van der Waals surface area contributed by atoms with Crippen molar-refractivity contribution < 1.29 is 14.7 Å². The van der Waals surface area contributed by atoms with Crippen LogP contribution in [0.1, 0.15) is 90.5 Å². The Morgan fingerprint density at radius 2 is 1.83 bits per heavy atom. The number of carbonyl (C=O) groups is 2. The largest absolute Gasteiger partial charge is 0.481 e. The summed E-state index contributed by atoms with van der Waals surface area (Å²) >= 11 is 1.56. The van der Waals surface area contributed by atoms with Crippen LogP contribution in [0.5, 0.6) is 0 Å². The molecular formula is C18H28N2O3S. The molecule has 1 aromatic rings. The lowest BCUT2D eigenvalue weighted by molar-refractivity contribution is -0.137. The Hall–Kier alpha value is -1.43. The van der Waals surface area contributed by atoms with E-state index >= 15 is 0 Å². The standard InChI is InChI=1S/C18H28N2O3S/c1-13-16(24-18(20-13)14-9-6-7-10-14)17(23)19-12-8-4-2-3-5-11-15(21)22/h14H,2-12H2,1H3,(H,19,23)(H,21,22). The number of thiazole rings is 1. The highest BCUT2D eigenvalue weighted by Gasteiger charge is 2.23. The lowest BCUT2D eigenvalue weighted by Crippen LogP contribution is -2.24. The molecule has 6 heteroatoms. The van der Waals surface area contributed by atoms with Crippen molar-refractivity contribution in [2.45, 2.75) is 77.0 Å². The van der Waals surface area contributed by atoms with Crippen LogP contribution in [0.15, 0.2) is 0 Å².